The summed E-state index contributed by atoms with van der Waals surface area (Å²) in [5, 5.41) is 2.91. The van der Waals surface area contributed by atoms with Crippen LogP contribution in [-0.2, 0) is 26.0 Å². The van der Waals surface area contributed by atoms with E-state index >= 15 is 0 Å². The average Bonchev–Trinajstić information content (AvgIpc) is 2.88. The molecule has 0 bridgehead atoms. The van der Waals surface area contributed by atoms with Gasteiger partial charge in [-0.2, -0.15) is 0 Å². The third-order valence-corrected chi connectivity index (χ3v) is 6.19. The van der Waals surface area contributed by atoms with Gasteiger partial charge in [-0.25, -0.2) is 12.7 Å². The Balaban J connectivity index is 1.63. The summed E-state index contributed by atoms with van der Waals surface area (Å²) in [5.74, 6) is -0.209. The van der Waals surface area contributed by atoms with E-state index in [2.05, 4.69) is 5.32 Å². The predicted octanol–water partition coefficient (Wildman–Crippen LogP) is 1.21. The van der Waals surface area contributed by atoms with Crippen molar-refractivity contribution in [3.63, 3.8) is 0 Å². The molecule has 0 unspecified atom stereocenters. The van der Waals surface area contributed by atoms with E-state index in [0.29, 0.717) is 44.6 Å². The summed E-state index contributed by atoms with van der Waals surface area (Å²) in [6.07, 6.45) is 2.59. The second-order valence-corrected chi connectivity index (χ2v) is 8.57. The van der Waals surface area contributed by atoms with Crippen molar-refractivity contribution >= 4 is 33.2 Å². The molecule has 2 aliphatic heterocycles. The SMILES string of the molecule is CCN1C(=O)Cc2cc(NC(=O)C3CCN(S(C)(=O)=O)CC3)ccc21. The second kappa shape index (κ2) is 6.76. The van der Waals surface area contributed by atoms with Crippen molar-refractivity contribution in [2.45, 2.75) is 26.2 Å². The number of hydrogen-bond acceptors (Lipinski definition) is 4. The highest BCUT2D eigenvalue weighted by Gasteiger charge is 2.30. The van der Waals surface area contributed by atoms with Gasteiger partial charge in [0.25, 0.3) is 0 Å². The number of carbonyl (C=O) groups is 2. The summed E-state index contributed by atoms with van der Waals surface area (Å²) in [6, 6.07) is 5.53. The van der Waals surface area contributed by atoms with E-state index < -0.39 is 10.0 Å². The summed E-state index contributed by atoms with van der Waals surface area (Å²) >= 11 is 0. The van der Waals surface area contributed by atoms with Gasteiger partial charge in [-0.1, -0.05) is 0 Å². The van der Waals surface area contributed by atoms with Crippen molar-refractivity contribution in [2.75, 3.05) is 36.1 Å². The zero-order chi connectivity index (χ0) is 18.2. The van der Waals surface area contributed by atoms with Gasteiger partial charge in [-0.15, -0.1) is 0 Å². The van der Waals surface area contributed by atoms with E-state index in [1.54, 1.807) is 4.90 Å². The summed E-state index contributed by atoms with van der Waals surface area (Å²) in [4.78, 5) is 26.1. The molecule has 3 rings (SSSR count). The topological polar surface area (TPSA) is 86.8 Å². The molecule has 0 spiro atoms. The lowest BCUT2D eigenvalue weighted by Crippen LogP contribution is -2.40. The largest absolute Gasteiger partial charge is 0.326 e. The van der Waals surface area contributed by atoms with Crippen LogP contribution >= 0.6 is 0 Å². The molecule has 1 saturated heterocycles. The molecule has 8 heteroatoms. The Labute approximate surface area is 148 Å². The Hall–Kier alpha value is -1.93. The van der Waals surface area contributed by atoms with Gasteiger partial charge in [0.15, 0.2) is 0 Å². The van der Waals surface area contributed by atoms with Crippen LogP contribution in [0.25, 0.3) is 0 Å². The van der Waals surface area contributed by atoms with Crippen molar-refractivity contribution in [1.29, 1.82) is 0 Å². The minimum absolute atomic E-state index is 0.0779. The Kier molecular flexibility index (Phi) is 4.83. The molecule has 2 aliphatic rings. The molecule has 1 N–H and O–H groups in total. The molecule has 1 aromatic rings. The number of sulfonamides is 1. The summed E-state index contributed by atoms with van der Waals surface area (Å²) in [6.45, 7) is 3.32. The zero-order valence-corrected chi connectivity index (χ0v) is 15.3. The maximum absolute atomic E-state index is 12.5. The quantitative estimate of drug-likeness (QED) is 0.869. The Morgan fingerprint density at radius 1 is 1.28 bits per heavy atom. The number of fused-ring (bicyclic) bond motifs is 1. The highest BCUT2D eigenvalue weighted by atomic mass is 32.2. The normalized spacial score (nSPS) is 19.1. The third kappa shape index (κ3) is 3.69. The minimum atomic E-state index is -3.19. The van der Waals surface area contributed by atoms with Crippen molar-refractivity contribution in [3.05, 3.63) is 23.8 Å². The molecule has 1 fully saturated rings. The van der Waals surface area contributed by atoms with Gasteiger partial charge in [-0.05, 0) is 43.5 Å². The number of amides is 2. The Morgan fingerprint density at radius 2 is 1.96 bits per heavy atom. The van der Waals surface area contributed by atoms with Gasteiger partial charge in [0.2, 0.25) is 21.8 Å². The molecule has 7 nitrogen and oxygen atoms in total. The van der Waals surface area contributed by atoms with Gasteiger partial charge in [0, 0.05) is 36.9 Å². The van der Waals surface area contributed by atoms with Crippen molar-refractivity contribution in [3.8, 4) is 0 Å². The van der Waals surface area contributed by atoms with E-state index in [1.807, 2.05) is 25.1 Å². The fourth-order valence-electron chi connectivity index (χ4n) is 3.50. The lowest BCUT2D eigenvalue weighted by Gasteiger charge is -2.29. The average molecular weight is 365 g/mol. The maximum atomic E-state index is 12.5. The number of nitrogens with zero attached hydrogens (tertiary/aromatic N) is 2. The number of anilines is 2. The molecule has 0 aliphatic carbocycles. The van der Waals surface area contributed by atoms with Crippen LogP contribution in [-0.4, -0.2) is 50.4 Å². The van der Waals surface area contributed by atoms with Crippen LogP contribution in [0.5, 0.6) is 0 Å². The lowest BCUT2D eigenvalue weighted by atomic mass is 9.97. The summed E-state index contributed by atoms with van der Waals surface area (Å²) in [5.41, 5.74) is 2.52. The molecule has 0 atom stereocenters. The molecular weight excluding hydrogens is 342 g/mol. The Morgan fingerprint density at radius 3 is 2.56 bits per heavy atom. The first-order valence-corrected chi connectivity index (χ1v) is 10.3. The van der Waals surface area contributed by atoms with E-state index in [4.69, 9.17) is 0 Å². The number of likely N-dealkylation sites (N-methyl/N-ethyl adjacent to an activating group) is 1. The zero-order valence-electron chi connectivity index (χ0n) is 14.5. The first-order valence-electron chi connectivity index (χ1n) is 8.49. The molecule has 2 heterocycles. The summed E-state index contributed by atoms with van der Waals surface area (Å²) < 4.78 is 24.5. The van der Waals surface area contributed by atoms with Crippen LogP contribution in [0.3, 0.4) is 0 Å². The molecule has 136 valence electrons. The standard InChI is InChI=1S/C17H23N3O4S/c1-3-20-15-5-4-14(10-13(15)11-16(20)21)18-17(22)12-6-8-19(9-7-12)25(2,23)24/h4-5,10,12H,3,6-9,11H2,1-2H3,(H,18,22). The first kappa shape index (κ1) is 17.9. The van der Waals surface area contributed by atoms with E-state index in [0.717, 1.165) is 11.3 Å². The van der Waals surface area contributed by atoms with Crippen LogP contribution in [0.15, 0.2) is 18.2 Å². The molecule has 0 saturated carbocycles. The van der Waals surface area contributed by atoms with Crippen molar-refractivity contribution in [2.24, 2.45) is 5.92 Å². The number of benzene rings is 1. The van der Waals surface area contributed by atoms with Gasteiger partial charge < -0.3 is 10.2 Å². The third-order valence-electron chi connectivity index (χ3n) is 4.89. The molecular formula is C17H23N3O4S. The highest BCUT2D eigenvalue weighted by molar-refractivity contribution is 7.88. The maximum Gasteiger partial charge on any atom is 0.231 e. The second-order valence-electron chi connectivity index (χ2n) is 6.58. The van der Waals surface area contributed by atoms with Crippen molar-refractivity contribution < 1.29 is 18.0 Å². The minimum Gasteiger partial charge on any atom is -0.326 e. The number of carbonyl (C=O) groups excluding carboxylic acids is 2. The van der Waals surface area contributed by atoms with Crippen LogP contribution in [0.2, 0.25) is 0 Å². The number of rotatable bonds is 4. The van der Waals surface area contributed by atoms with Gasteiger partial charge in [0.05, 0.1) is 12.7 Å². The fraction of sp³-hybridized carbons (Fsp3) is 0.529. The van der Waals surface area contributed by atoms with Crippen LogP contribution in [0.1, 0.15) is 25.3 Å². The molecule has 0 aromatic heterocycles. The van der Waals surface area contributed by atoms with Crippen LogP contribution in [0.4, 0.5) is 11.4 Å². The number of nitrogens with one attached hydrogen (secondary N) is 1. The van der Waals surface area contributed by atoms with Crippen LogP contribution in [0, 0.1) is 5.92 Å². The van der Waals surface area contributed by atoms with E-state index in [-0.39, 0.29) is 17.7 Å². The monoisotopic (exact) mass is 365 g/mol. The van der Waals surface area contributed by atoms with Crippen molar-refractivity contribution in [1.82, 2.24) is 4.31 Å². The van der Waals surface area contributed by atoms with E-state index in [1.165, 1.54) is 10.6 Å². The van der Waals surface area contributed by atoms with Gasteiger partial charge in [-0.3, -0.25) is 9.59 Å². The molecule has 2 amide bonds. The number of hydrogen-bond donors (Lipinski definition) is 1. The highest BCUT2D eigenvalue weighted by Crippen LogP contribution is 2.31. The molecule has 1 aromatic carbocycles. The van der Waals surface area contributed by atoms with Crippen LogP contribution < -0.4 is 10.2 Å². The number of piperidine rings is 1. The summed E-state index contributed by atoms with van der Waals surface area (Å²) in [7, 11) is -3.19. The lowest BCUT2D eigenvalue weighted by molar-refractivity contribution is -0.121. The molecule has 25 heavy (non-hydrogen) atoms. The Bertz CT molecular complexity index is 798. The predicted molar refractivity (Wildman–Crippen MR) is 95.9 cm³/mol. The smallest absolute Gasteiger partial charge is 0.231 e. The first-order chi connectivity index (χ1) is 11.8. The van der Waals surface area contributed by atoms with Gasteiger partial charge in [0.1, 0.15) is 0 Å². The van der Waals surface area contributed by atoms with E-state index in [9.17, 15) is 18.0 Å². The fourth-order valence-corrected chi connectivity index (χ4v) is 4.38. The van der Waals surface area contributed by atoms with Gasteiger partial charge >= 0.3 is 0 Å². The molecule has 0 radical (unpaired) electrons.